The van der Waals surface area contributed by atoms with Crippen LogP contribution in [0.1, 0.15) is 25.3 Å². The van der Waals surface area contributed by atoms with E-state index in [0.29, 0.717) is 23.8 Å². The Morgan fingerprint density at radius 3 is 2.87 bits per heavy atom. The van der Waals surface area contributed by atoms with Crippen LogP contribution in [0.25, 0.3) is 33.9 Å². The zero-order valence-corrected chi connectivity index (χ0v) is 16.8. The van der Waals surface area contributed by atoms with Crippen molar-refractivity contribution in [1.82, 2.24) is 34.7 Å². The summed E-state index contributed by atoms with van der Waals surface area (Å²) in [4.78, 5) is 28.9. The van der Waals surface area contributed by atoms with Gasteiger partial charge in [-0.25, -0.2) is 19.7 Å². The molecule has 0 bridgehead atoms. The third-order valence-electron chi connectivity index (χ3n) is 5.71. The third kappa shape index (κ3) is 3.41. The molecule has 0 radical (unpaired) electrons. The predicted octanol–water partition coefficient (Wildman–Crippen LogP) is 2.56. The van der Waals surface area contributed by atoms with Gasteiger partial charge in [0.2, 0.25) is 0 Å². The lowest BCUT2D eigenvalue weighted by Crippen LogP contribution is -2.26. The number of fused-ring (bicyclic) bond motifs is 1. The highest BCUT2D eigenvalue weighted by Crippen LogP contribution is 2.27. The van der Waals surface area contributed by atoms with Crippen molar-refractivity contribution >= 4 is 11.3 Å². The number of H-pyrrole nitrogens is 2. The Kier molecular flexibility index (Phi) is 4.88. The van der Waals surface area contributed by atoms with E-state index in [-0.39, 0.29) is 5.69 Å². The van der Waals surface area contributed by atoms with Crippen molar-refractivity contribution in [2.45, 2.75) is 32.7 Å². The molecule has 9 heteroatoms. The summed E-state index contributed by atoms with van der Waals surface area (Å²) in [6.45, 7) is 4.22. The van der Waals surface area contributed by atoms with Gasteiger partial charge in [0.25, 0.3) is 0 Å². The van der Waals surface area contributed by atoms with Gasteiger partial charge in [0, 0.05) is 30.9 Å². The minimum Gasteiger partial charge on any atom is -0.381 e. The number of rotatable bonds is 5. The monoisotopic (exact) mass is 405 g/mol. The SMILES string of the molecule is CCc1cc(-c2cnc3[nH]c(=O)n(CC4CCOCC4)c3n2)ccc1-c1ncn[nH]1. The van der Waals surface area contributed by atoms with E-state index in [0.717, 1.165) is 60.7 Å². The summed E-state index contributed by atoms with van der Waals surface area (Å²) >= 11 is 0. The van der Waals surface area contributed by atoms with Gasteiger partial charge in [-0.2, -0.15) is 5.10 Å². The van der Waals surface area contributed by atoms with Gasteiger partial charge < -0.3 is 4.74 Å². The van der Waals surface area contributed by atoms with Crippen molar-refractivity contribution in [3.63, 3.8) is 0 Å². The number of hydrogen-bond acceptors (Lipinski definition) is 6. The first-order chi connectivity index (χ1) is 14.7. The molecule has 1 aliphatic heterocycles. The van der Waals surface area contributed by atoms with Crippen molar-refractivity contribution in [3.05, 3.63) is 46.8 Å². The number of hydrogen-bond donors (Lipinski definition) is 2. The molecule has 154 valence electrons. The number of benzene rings is 1. The van der Waals surface area contributed by atoms with Crippen LogP contribution in [-0.2, 0) is 17.7 Å². The average molecular weight is 405 g/mol. The second-order valence-electron chi connectivity index (χ2n) is 7.58. The Morgan fingerprint density at radius 2 is 2.10 bits per heavy atom. The van der Waals surface area contributed by atoms with Crippen LogP contribution < -0.4 is 5.69 Å². The van der Waals surface area contributed by atoms with Gasteiger partial charge in [-0.15, -0.1) is 0 Å². The number of nitrogens with zero attached hydrogens (tertiary/aromatic N) is 5. The first kappa shape index (κ1) is 18.7. The van der Waals surface area contributed by atoms with E-state index in [1.165, 1.54) is 6.33 Å². The minimum atomic E-state index is -0.163. The fourth-order valence-electron chi connectivity index (χ4n) is 4.03. The number of aromatic nitrogens is 7. The minimum absolute atomic E-state index is 0.163. The lowest BCUT2D eigenvalue weighted by atomic mass is 10.00. The molecule has 4 heterocycles. The summed E-state index contributed by atoms with van der Waals surface area (Å²) in [6.07, 6.45) is 5.97. The summed E-state index contributed by atoms with van der Waals surface area (Å²) in [7, 11) is 0. The summed E-state index contributed by atoms with van der Waals surface area (Å²) in [5, 5.41) is 6.87. The highest BCUT2D eigenvalue weighted by atomic mass is 16.5. The van der Waals surface area contributed by atoms with Crippen molar-refractivity contribution in [1.29, 1.82) is 0 Å². The fraction of sp³-hybridized carbons (Fsp3) is 0.381. The van der Waals surface area contributed by atoms with E-state index in [1.807, 2.05) is 12.1 Å². The first-order valence-electron chi connectivity index (χ1n) is 10.2. The summed E-state index contributed by atoms with van der Waals surface area (Å²) in [5.74, 6) is 1.16. The van der Waals surface area contributed by atoms with Gasteiger partial charge in [0.05, 0.1) is 11.9 Å². The molecule has 0 atom stereocenters. The summed E-state index contributed by atoms with van der Waals surface area (Å²) in [5.41, 5.74) is 4.80. The maximum absolute atomic E-state index is 12.5. The largest absolute Gasteiger partial charge is 0.381 e. The van der Waals surface area contributed by atoms with Gasteiger partial charge in [-0.3, -0.25) is 14.6 Å². The Balaban J connectivity index is 1.53. The lowest BCUT2D eigenvalue weighted by Gasteiger charge is -2.21. The van der Waals surface area contributed by atoms with Crippen LogP contribution >= 0.6 is 0 Å². The number of aromatic amines is 2. The molecule has 0 amide bonds. The number of imidazole rings is 1. The van der Waals surface area contributed by atoms with Crippen LogP contribution in [0.15, 0.2) is 35.5 Å². The zero-order valence-electron chi connectivity index (χ0n) is 16.8. The predicted molar refractivity (Wildman–Crippen MR) is 112 cm³/mol. The molecule has 3 aromatic heterocycles. The molecule has 4 aromatic rings. The highest BCUT2D eigenvalue weighted by Gasteiger charge is 2.19. The maximum atomic E-state index is 12.5. The van der Waals surface area contributed by atoms with Crippen LogP contribution in [0.4, 0.5) is 0 Å². The Labute approximate surface area is 172 Å². The smallest absolute Gasteiger partial charge is 0.328 e. The molecule has 0 spiro atoms. The van der Waals surface area contributed by atoms with Crippen molar-refractivity contribution < 1.29 is 4.74 Å². The second-order valence-corrected chi connectivity index (χ2v) is 7.58. The van der Waals surface area contributed by atoms with Gasteiger partial charge in [-0.1, -0.05) is 19.1 Å². The average Bonchev–Trinajstić information content (AvgIpc) is 3.42. The third-order valence-corrected chi connectivity index (χ3v) is 5.71. The van der Waals surface area contributed by atoms with Crippen molar-refractivity contribution in [2.75, 3.05) is 13.2 Å². The van der Waals surface area contributed by atoms with Gasteiger partial charge >= 0.3 is 5.69 Å². The molecule has 1 aliphatic rings. The Hall–Kier alpha value is -3.33. The van der Waals surface area contributed by atoms with E-state index >= 15 is 0 Å². The van der Waals surface area contributed by atoms with E-state index in [4.69, 9.17) is 9.72 Å². The number of nitrogens with one attached hydrogen (secondary N) is 2. The van der Waals surface area contributed by atoms with Crippen LogP contribution in [0, 0.1) is 5.92 Å². The molecule has 1 aromatic carbocycles. The van der Waals surface area contributed by atoms with Crippen LogP contribution in [0.3, 0.4) is 0 Å². The first-order valence-corrected chi connectivity index (χ1v) is 10.2. The van der Waals surface area contributed by atoms with Crippen molar-refractivity contribution in [2.24, 2.45) is 5.92 Å². The quantitative estimate of drug-likeness (QED) is 0.527. The van der Waals surface area contributed by atoms with E-state index in [2.05, 4.69) is 38.1 Å². The maximum Gasteiger partial charge on any atom is 0.328 e. The summed E-state index contributed by atoms with van der Waals surface area (Å²) < 4.78 is 7.15. The van der Waals surface area contributed by atoms with E-state index in [1.54, 1.807) is 10.8 Å². The Bertz CT molecular complexity index is 1220. The molecule has 5 rings (SSSR count). The topological polar surface area (TPSA) is 114 Å². The molecule has 0 unspecified atom stereocenters. The van der Waals surface area contributed by atoms with Gasteiger partial charge in [0.15, 0.2) is 17.1 Å². The molecular weight excluding hydrogens is 382 g/mol. The summed E-state index contributed by atoms with van der Waals surface area (Å²) in [6, 6.07) is 6.12. The van der Waals surface area contributed by atoms with Gasteiger partial charge in [-0.05, 0) is 36.8 Å². The molecule has 1 fully saturated rings. The molecule has 0 saturated carbocycles. The van der Waals surface area contributed by atoms with E-state index in [9.17, 15) is 4.79 Å². The van der Waals surface area contributed by atoms with Crippen LogP contribution in [0.2, 0.25) is 0 Å². The number of ether oxygens (including phenoxy) is 1. The normalized spacial score (nSPS) is 15.1. The van der Waals surface area contributed by atoms with Crippen molar-refractivity contribution in [3.8, 4) is 22.6 Å². The molecular formula is C21H23N7O2. The zero-order chi connectivity index (χ0) is 20.5. The molecule has 0 aliphatic carbocycles. The Morgan fingerprint density at radius 1 is 1.23 bits per heavy atom. The number of aryl methyl sites for hydroxylation is 1. The lowest BCUT2D eigenvalue weighted by molar-refractivity contribution is 0.0613. The highest BCUT2D eigenvalue weighted by molar-refractivity contribution is 5.73. The van der Waals surface area contributed by atoms with Crippen LogP contribution in [-0.4, -0.2) is 47.9 Å². The molecule has 30 heavy (non-hydrogen) atoms. The molecule has 9 nitrogen and oxygen atoms in total. The standard InChI is InChI=1S/C21H23N7O2/c1-2-14-9-15(3-4-16(14)18-23-12-24-27-18)17-10-22-19-20(25-17)28(21(29)26-19)11-13-5-7-30-8-6-13/h3-4,9-10,12-13H,2,5-8,11H2,1H3,(H,22,26,29)(H,23,24,27). The molecule has 2 N–H and O–H groups in total. The molecule has 1 saturated heterocycles. The fourth-order valence-corrected chi connectivity index (χ4v) is 4.03. The second kappa shape index (κ2) is 7.83. The van der Waals surface area contributed by atoms with Crippen LogP contribution in [0.5, 0.6) is 0 Å². The van der Waals surface area contributed by atoms with Gasteiger partial charge in [0.1, 0.15) is 6.33 Å². The van der Waals surface area contributed by atoms with E-state index < -0.39 is 0 Å².